The maximum absolute atomic E-state index is 11.9. The van der Waals surface area contributed by atoms with Crippen molar-refractivity contribution in [3.05, 3.63) is 54.1 Å². The van der Waals surface area contributed by atoms with Gasteiger partial charge < -0.3 is 10.2 Å². The molecular weight excluding hydrogens is 346 g/mol. The van der Waals surface area contributed by atoms with Crippen LogP contribution in [0.15, 0.2) is 48.5 Å². The molecule has 0 fully saturated rings. The Hall–Kier alpha value is -3.19. The number of carbonyl (C=O) groups is 3. The van der Waals surface area contributed by atoms with E-state index < -0.39 is 11.9 Å². The Labute approximate surface area is 158 Å². The largest absolute Gasteiger partial charge is 0.354 e. The first kappa shape index (κ1) is 20.1. The lowest BCUT2D eigenvalue weighted by atomic mass is 10.0. The molecule has 0 spiro atoms. The van der Waals surface area contributed by atoms with E-state index in [1.165, 1.54) is 18.0 Å². The fourth-order valence-electron chi connectivity index (χ4n) is 2.71. The van der Waals surface area contributed by atoms with Gasteiger partial charge in [-0.2, -0.15) is 0 Å². The Bertz CT molecular complexity index is 788. The van der Waals surface area contributed by atoms with Crippen molar-refractivity contribution in [2.45, 2.75) is 26.3 Å². The maximum Gasteiger partial charge on any atom is 0.268 e. The average molecular weight is 369 g/mol. The lowest BCUT2D eigenvalue weighted by Crippen LogP contribution is -2.52. The Morgan fingerprint density at radius 1 is 1.07 bits per heavy atom. The van der Waals surface area contributed by atoms with Crippen molar-refractivity contribution < 1.29 is 19.6 Å². The Balaban J connectivity index is 2.25. The van der Waals surface area contributed by atoms with Gasteiger partial charge in [-0.3, -0.25) is 19.6 Å². The van der Waals surface area contributed by atoms with Gasteiger partial charge in [-0.1, -0.05) is 43.3 Å². The molecule has 0 aliphatic rings. The number of rotatable bonds is 8. The number of carbonyl (C=O) groups excluding carboxylic acids is 3. The molecule has 0 aliphatic heterocycles. The zero-order chi connectivity index (χ0) is 19.8. The molecule has 2 aromatic carbocycles. The predicted octanol–water partition coefficient (Wildman–Crippen LogP) is 1.89. The van der Waals surface area contributed by atoms with Crippen LogP contribution in [0.25, 0.3) is 11.1 Å². The zero-order valence-corrected chi connectivity index (χ0v) is 15.3. The second-order valence-corrected chi connectivity index (χ2v) is 6.04. The Morgan fingerprint density at radius 3 is 2.07 bits per heavy atom. The first-order valence-electron chi connectivity index (χ1n) is 8.61. The monoisotopic (exact) mass is 369 g/mol. The van der Waals surface area contributed by atoms with E-state index in [1.807, 2.05) is 24.3 Å². The highest BCUT2D eigenvalue weighted by atomic mass is 16.5. The standard InChI is InChI=1S/C20H23N3O4/c1-3-15-4-6-16(7-5-15)17-8-10-18(11-9-17)23(13-24)19(20(26)22-27)12-21-14(2)25/h4-11,13,19,27H,3,12H2,1-2H3,(H,21,25)(H,22,26)/t19-/m0/s1. The predicted molar refractivity (Wildman–Crippen MR) is 102 cm³/mol. The van der Waals surface area contributed by atoms with E-state index in [4.69, 9.17) is 5.21 Å². The normalized spacial score (nSPS) is 11.4. The van der Waals surface area contributed by atoms with Gasteiger partial charge in [-0.25, -0.2) is 5.48 Å². The van der Waals surface area contributed by atoms with Crippen LogP contribution in [0.5, 0.6) is 0 Å². The van der Waals surface area contributed by atoms with Gasteiger partial charge in [0.05, 0.1) is 0 Å². The summed E-state index contributed by atoms with van der Waals surface area (Å²) in [5, 5.41) is 11.4. The summed E-state index contributed by atoms with van der Waals surface area (Å²) in [4.78, 5) is 35.8. The summed E-state index contributed by atoms with van der Waals surface area (Å²) in [6, 6.07) is 14.2. The number of hydrogen-bond donors (Lipinski definition) is 3. The number of benzene rings is 2. The van der Waals surface area contributed by atoms with Crippen LogP contribution >= 0.6 is 0 Å². The lowest BCUT2D eigenvalue weighted by Gasteiger charge is -2.26. The van der Waals surface area contributed by atoms with E-state index in [-0.39, 0.29) is 12.5 Å². The zero-order valence-electron chi connectivity index (χ0n) is 15.3. The smallest absolute Gasteiger partial charge is 0.268 e. The van der Waals surface area contributed by atoms with Crippen molar-refractivity contribution in [1.82, 2.24) is 10.8 Å². The molecule has 0 bridgehead atoms. The second kappa shape index (κ2) is 9.49. The molecule has 142 valence electrons. The first-order valence-corrected chi connectivity index (χ1v) is 8.61. The van der Waals surface area contributed by atoms with Crippen molar-refractivity contribution in [3.63, 3.8) is 0 Å². The molecule has 0 unspecified atom stereocenters. The minimum absolute atomic E-state index is 0.124. The molecule has 2 aromatic rings. The van der Waals surface area contributed by atoms with Crippen LogP contribution in [-0.4, -0.2) is 36.0 Å². The van der Waals surface area contributed by atoms with E-state index >= 15 is 0 Å². The summed E-state index contributed by atoms with van der Waals surface area (Å²) in [6.07, 6.45) is 1.46. The summed E-state index contributed by atoms with van der Waals surface area (Å²) < 4.78 is 0. The number of hydroxylamine groups is 1. The van der Waals surface area contributed by atoms with Gasteiger partial charge in [0.25, 0.3) is 5.91 Å². The van der Waals surface area contributed by atoms with Crippen LogP contribution in [0.4, 0.5) is 5.69 Å². The molecule has 1 atom stereocenters. The van der Waals surface area contributed by atoms with Gasteiger partial charge in [-0.05, 0) is 35.2 Å². The van der Waals surface area contributed by atoms with Gasteiger partial charge in [0.15, 0.2) is 0 Å². The van der Waals surface area contributed by atoms with Crippen LogP contribution in [-0.2, 0) is 20.8 Å². The molecule has 0 saturated heterocycles. The Morgan fingerprint density at radius 2 is 1.63 bits per heavy atom. The van der Waals surface area contributed by atoms with Gasteiger partial charge in [-0.15, -0.1) is 0 Å². The van der Waals surface area contributed by atoms with Gasteiger partial charge in [0.2, 0.25) is 12.3 Å². The third-order valence-corrected chi connectivity index (χ3v) is 4.27. The highest BCUT2D eigenvalue weighted by molar-refractivity contribution is 5.92. The van der Waals surface area contributed by atoms with Gasteiger partial charge >= 0.3 is 0 Å². The second-order valence-electron chi connectivity index (χ2n) is 6.04. The van der Waals surface area contributed by atoms with Crippen LogP contribution in [0.2, 0.25) is 0 Å². The molecule has 2 rings (SSSR count). The molecule has 0 radical (unpaired) electrons. The molecule has 3 amide bonds. The molecule has 7 nitrogen and oxygen atoms in total. The summed E-state index contributed by atoms with van der Waals surface area (Å²) >= 11 is 0. The van der Waals surface area contributed by atoms with Crippen molar-refractivity contribution in [1.29, 1.82) is 0 Å². The molecule has 0 saturated carbocycles. The molecule has 27 heavy (non-hydrogen) atoms. The number of hydrogen-bond acceptors (Lipinski definition) is 4. The van der Waals surface area contributed by atoms with E-state index in [9.17, 15) is 14.4 Å². The topological polar surface area (TPSA) is 98.7 Å². The highest BCUT2D eigenvalue weighted by Gasteiger charge is 2.26. The number of nitrogens with zero attached hydrogens (tertiary/aromatic N) is 1. The molecular formula is C20H23N3O4. The van der Waals surface area contributed by atoms with Gasteiger partial charge in [0, 0.05) is 19.2 Å². The minimum atomic E-state index is -1.08. The number of amides is 3. The number of nitrogens with one attached hydrogen (secondary N) is 2. The summed E-state index contributed by atoms with van der Waals surface area (Å²) in [5.41, 5.74) is 5.26. The van der Waals surface area contributed by atoms with E-state index in [1.54, 1.807) is 12.1 Å². The first-order chi connectivity index (χ1) is 13.0. The molecule has 3 N–H and O–H groups in total. The minimum Gasteiger partial charge on any atom is -0.354 e. The molecule has 7 heteroatoms. The third-order valence-electron chi connectivity index (χ3n) is 4.27. The van der Waals surface area contributed by atoms with Crippen molar-refractivity contribution in [2.75, 3.05) is 11.4 Å². The van der Waals surface area contributed by atoms with E-state index in [0.29, 0.717) is 12.1 Å². The Kier molecular flexibility index (Phi) is 7.08. The fourth-order valence-corrected chi connectivity index (χ4v) is 2.71. The van der Waals surface area contributed by atoms with Crippen LogP contribution in [0, 0.1) is 0 Å². The summed E-state index contributed by atoms with van der Waals surface area (Å²) in [7, 11) is 0. The van der Waals surface area contributed by atoms with Crippen molar-refractivity contribution in [3.8, 4) is 11.1 Å². The molecule has 0 aliphatic carbocycles. The van der Waals surface area contributed by atoms with Crippen LogP contribution in [0.1, 0.15) is 19.4 Å². The average Bonchev–Trinajstić information content (AvgIpc) is 2.70. The SMILES string of the molecule is CCc1ccc(-c2ccc(N(C=O)[C@@H](CNC(C)=O)C(=O)NO)cc2)cc1. The van der Waals surface area contributed by atoms with Crippen molar-refractivity contribution in [2.24, 2.45) is 0 Å². The van der Waals surface area contributed by atoms with Crippen molar-refractivity contribution >= 4 is 23.9 Å². The highest BCUT2D eigenvalue weighted by Crippen LogP contribution is 2.24. The summed E-state index contributed by atoms with van der Waals surface area (Å²) in [6.45, 7) is 3.27. The summed E-state index contributed by atoms with van der Waals surface area (Å²) in [5.74, 6) is -1.14. The lowest BCUT2D eigenvalue weighted by molar-refractivity contribution is -0.131. The van der Waals surface area contributed by atoms with Crippen LogP contribution in [0.3, 0.4) is 0 Å². The fraction of sp³-hybridized carbons (Fsp3) is 0.250. The molecule has 0 aromatic heterocycles. The number of aryl methyl sites for hydroxylation is 1. The van der Waals surface area contributed by atoms with Gasteiger partial charge in [0.1, 0.15) is 6.04 Å². The quantitative estimate of drug-likeness (QED) is 0.376. The van der Waals surface area contributed by atoms with Crippen LogP contribution < -0.4 is 15.7 Å². The maximum atomic E-state index is 11.9. The third kappa shape index (κ3) is 5.15. The van der Waals surface area contributed by atoms with E-state index in [0.717, 1.165) is 22.4 Å². The number of anilines is 1. The molecule has 0 heterocycles. The van der Waals surface area contributed by atoms with E-state index in [2.05, 4.69) is 24.4 Å².